The van der Waals surface area contributed by atoms with Gasteiger partial charge in [0, 0.05) is 16.5 Å². The van der Waals surface area contributed by atoms with Gasteiger partial charge in [0.15, 0.2) is 21.3 Å². The quantitative estimate of drug-likeness (QED) is 0.327. The monoisotopic (exact) mass is 539 g/mol. The molecule has 9 nitrogen and oxygen atoms in total. The number of thiophene rings is 1. The molecule has 0 saturated heterocycles. The first-order valence-corrected chi connectivity index (χ1v) is 14.4. The van der Waals surface area contributed by atoms with Gasteiger partial charge in [-0.25, -0.2) is 8.42 Å². The highest BCUT2D eigenvalue weighted by atomic mass is 32.2. The lowest BCUT2D eigenvalue weighted by molar-refractivity contribution is 0.0948. The van der Waals surface area contributed by atoms with Crippen LogP contribution in [0.2, 0.25) is 0 Å². The van der Waals surface area contributed by atoms with Gasteiger partial charge in [0.05, 0.1) is 29.0 Å². The van der Waals surface area contributed by atoms with E-state index in [1.165, 1.54) is 29.5 Å². The highest BCUT2D eigenvalue weighted by Gasteiger charge is 2.27. The summed E-state index contributed by atoms with van der Waals surface area (Å²) in [6.45, 7) is 1.83. The largest absolute Gasteiger partial charge is 0.467 e. The first kappa shape index (κ1) is 25.0. The lowest BCUT2D eigenvalue weighted by Crippen LogP contribution is -2.25. The third-order valence-corrected chi connectivity index (χ3v) is 9.21. The number of carbonyl (C=O) groups excluding carboxylic acids is 2. The van der Waals surface area contributed by atoms with Crippen molar-refractivity contribution in [2.24, 2.45) is 0 Å². The lowest BCUT2D eigenvalue weighted by Gasteiger charge is -2.13. The molecular formula is C26H25N3O6S2. The van der Waals surface area contributed by atoms with Gasteiger partial charge in [-0.2, -0.15) is 0 Å². The molecule has 0 fully saturated rings. The van der Waals surface area contributed by atoms with E-state index in [9.17, 15) is 18.0 Å². The summed E-state index contributed by atoms with van der Waals surface area (Å²) in [6.07, 6.45) is 5.22. The molecule has 3 aromatic heterocycles. The average molecular weight is 540 g/mol. The summed E-state index contributed by atoms with van der Waals surface area (Å²) in [5, 5.41) is 10.1. The van der Waals surface area contributed by atoms with E-state index >= 15 is 0 Å². The zero-order valence-corrected chi connectivity index (χ0v) is 21.7. The second-order valence-corrected chi connectivity index (χ2v) is 12.0. The zero-order chi connectivity index (χ0) is 26.0. The summed E-state index contributed by atoms with van der Waals surface area (Å²) in [6, 6.07) is 11.3. The van der Waals surface area contributed by atoms with E-state index < -0.39 is 15.7 Å². The third kappa shape index (κ3) is 5.23. The first-order valence-electron chi connectivity index (χ1n) is 11.9. The number of anilines is 1. The number of hydrogen-bond donors (Lipinski definition) is 2. The van der Waals surface area contributed by atoms with Crippen LogP contribution in [-0.4, -0.2) is 31.1 Å². The minimum atomic E-state index is -3.32. The van der Waals surface area contributed by atoms with E-state index in [2.05, 4.69) is 15.8 Å². The van der Waals surface area contributed by atoms with Crippen molar-refractivity contribution in [3.8, 4) is 11.3 Å². The molecule has 1 aliphatic rings. The van der Waals surface area contributed by atoms with Gasteiger partial charge in [0.2, 0.25) is 0 Å². The number of fused-ring (bicyclic) bond motifs is 1. The Morgan fingerprint density at radius 3 is 2.59 bits per heavy atom. The van der Waals surface area contributed by atoms with Crippen molar-refractivity contribution in [3.05, 3.63) is 76.2 Å². The molecule has 0 radical (unpaired) electrons. The van der Waals surface area contributed by atoms with E-state index in [0.717, 1.165) is 36.1 Å². The number of rotatable bonds is 8. The van der Waals surface area contributed by atoms with Crippen molar-refractivity contribution in [1.29, 1.82) is 0 Å². The van der Waals surface area contributed by atoms with Crippen molar-refractivity contribution >= 4 is 38.0 Å². The van der Waals surface area contributed by atoms with Gasteiger partial charge >= 0.3 is 0 Å². The molecule has 2 amide bonds. The fourth-order valence-electron chi connectivity index (χ4n) is 4.24. The number of aromatic nitrogens is 1. The second-order valence-electron chi connectivity index (χ2n) is 8.64. The minimum absolute atomic E-state index is 0.00792. The average Bonchev–Trinajstić information content (AvgIpc) is 3.67. The SMILES string of the molecule is CCS(=O)(=O)c1ccc(-c2cc(C(=O)Nc3sc4c(c3C(=O)NCc3ccco3)CCCC4)no2)cc1. The van der Waals surface area contributed by atoms with Gasteiger partial charge in [-0.15, -0.1) is 11.3 Å². The smallest absolute Gasteiger partial charge is 0.278 e. The fraction of sp³-hybridized carbons (Fsp3) is 0.269. The molecular weight excluding hydrogens is 514 g/mol. The van der Waals surface area contributed by atoms with Crippen molar-refractivity contribution in [1.82, 2.24) is 10.5 Å². The molecule has 0 aliphatic heterocycles. The van der Waals surface area contributed by atoms with E-state index in [0.29, 0.717) is 27.6 Å². The molecule has 11 heteroatoms. The summed E-state index contributed by atoms with van der Waals surface area (Å²) < 4.78 is 34.7. The maximum atomic E-state index is 13.1. The molecule has 0 saturated carbocycles. The minimum Gasteiger partial charge on any atom is -0.467 e. The summed E-state index contributed by atoms with van der Waals surface area (Å²) in [7, 11) is -3.32. The number of hydrogen-bond acceptors (Lipinski definition) is 8. The van der Waals surface area contributed by atoms with Crippen molar-refractivity contribution in [2.75, 3.05) is 11.1 Å². The Balaban J connectivity index is 1.35. The molecule has 0 bridgehead atoms. The second kappa shape index (κ2) is 10.3. The number of carbonyl (C=O) groups is 2. The number of furan rings is 1. The topological polar surface area (TPSA) is 132 Å². The molecule has 2 N–H and O–H groups in total. The molecule has 0 atom stereocenters. The normalized spacial score (nSPS) is 13.2. The summed E-state index contributed by atoms with van der Waals surface area (Å²) in [5.74, 6) is 0.201. The Morgan fingerprint density at radius 2 is 1.86 bits per heavy atom. The maximum Gasteiger partial charge on any atom is 0.278 e. The molecule has 192 valence electrons. The van der Waals surface area contributed by atoms with Crippen LogP contribution in [0.25, 0.3) is 11.3 Å². The Kier molecular flexibility index (Phi) is 6.98. The van der Waals surface area contributed by atoms with E-state index in [1.807, 2.05) is 0 Å². The van der Waals surface area contributed by atoms with Crippen molar-refractivity contribution in [2.45, 2.75) is 44.0 Å². The molecule has 0 unspecified atom stereocenters. The number of nitrogens with zero attached hydrogens (tertiary/aromatic N) is 1. The van der Waals surface area contributed by atoms with Gasteiger partial charge in [-0.3, -0.25) is 9.59 Å². The first-order chi connectivity index (χ1) is 17.9. The van der Waals surface area contributed by atoms with E-state index in [1.54, 1.807) is 37.5 Å². The van der Waals surface area contributed by atoms with Crippen LogP contribution in [0.3, 0.4) is 0 Å². The van der Waals surface area contributed by atoms with Crippen LogP contribution in [0.15, 0.2) is 62.6 Å². The third-order valence-electron chi connectivity index (χ3n) is 6.25. The standard InChI is InChI=1S/C26H25N3O6S2/c1-2-37(32,33)18-11-9-16(10-12-18)21-14-20(29-35-21)24(30)28-26-23(19-7-3-4-8-22(19)36-26)25(31)27-15-17-6-5-13-34-17/h5-6,9-14H,2-4,7-8,15H2,1H3,(H,27,31)(H,28,30). The number of benzene rings is 1. The van der Waals surface area contributed by atoms with Gasteiger partial charge in [-0.05, 0) is 67.6 Å². The number of aryl methyl sites for hydroxylation is 1. The van der Waals surface area contributed by atoms with Crippen molar-refractivity contribution in [3.63, 3.8) is 0 Å². The van der Waals surface area contributed by atoms with Crippen LogP contribution >= 0.6 is 11.3 Å². The molecule has 1 aromatic carbocycles. The Morgan fingerprint density at radius 1 is 1.08 bits per heavy atom. The van der Waals surface area contributed by atoms with Crippen LogP contribution < -0.4 is 10.6 Å². The lowest BCUT2D eigenvalue weighted by atomic mass is 9.95. The summed E-state index contributed by atoms with van der Waals surface area (Å²) >= 11 is 1.41. The Hall–Kier alpha value is -3.70. The number of sulfone groups is 1. The summed E-state index contributed by atoms with van der Waals surface area (Å²) in [5.41, 5.74) is 2.10. The van der Waals surface area contributed by atoms with Crippen LogP contribution in [0.4, 0.5) is 5.00 Å². The molecule has 4 aromatic rings. The van der Waals surface area contributed by atoms with Crippen LogP contribution in [0.5, 0.6) is 0 Å². The highest BCUT2D eigenvalue weighted by molar-refractivity contribution is 7.91. The Bertz CT molecular complexity index is 1530. The van der Waals surface area contributed by atoms with Gasteiger partial charge in [-0.1, -0.05) is 12.1 Å². The predicted molar refractivity (Wildman–Crippen MR) is 138 cm³/mol. The molecule has 1 aliphatic carbocycles. The summed E-state index contributed by atoms with van der Waals surface area (Å²) in [4.78, 5) is 27.5. The van der Waals surface area contributed by atoms with Crippen molar-refractivity contribution < 1.29 is 26.9 Å². The van der Waals surface area contributed by atoms with Crippen LogP contribution in [0, 0.1) is 0 Å². The number of amides is 2. The van der Waals surface area contributed by atoms with Crippen LogP contribution in [-0.2, 0) is 29.2 Å². The highest BCUT2D eigenvalue weighted by Crippen LogP contribution is 2.38. The van der Waals surface area contributed by atoms with Gasteiger partial charge in [0.1, 0.15) is 10.8 Å². The van der Waals surface area contributed by atoms with Gasteiger partial charge in [0.25, 0.3) is 11.8 Å². The Labute approximate surface area is 217 Å². The fourth-order valence-corrected chi connectivity index (χ4v) is 6.41. The predicted octanol–water partition coefficient (Wildman–Crippen LogP) is 4.85. The molecule has 0 spiro atoms. The molecule has 37 heavy (non-hydrogen) atoms. The number of nitrogens with one attached hydrogen (secondary N) is 2. The van der Waals surface area contributed by atoms with E-state index in [4.69, 9.17) is 8.94 Å². The molecule has 3 heterocycles. The van der Waals surface area contributed by atoms with Crippen LogP contribution in [0.1, 0.15) is 56.8 Å². The zero-order valence-electron chi connectivity index (χ0n) is 20.1. The maximum absolute atomic E-state index is 13.1. The van der Waals surface area contributed by atoms with E-state index in [-0.39, 0.29) is 28.8 Å². The molecule has 5 rings (SSSR count). The van der Waals surface area contributed by atoms with Gasteiger partial charge < -0.3 is 19.6 Å².